The minimum Gasteiger partial charge on any atom is -0.481 e. The predicted octanol–water partition coefficient (Wildman–Crippen LogP) is 2.90. The molecule has 116 valence electrons. The second kappa shape index (κ2) is 6.51. The molecule has 0 aliphatic heterocycles. The van der Waals surface area contributed by atoms with Crippen LogP contribution in [-0.4, -0.2) is 31.6 Å². The summed E-state index contributed by atoms with van der Waals surface area (Å²) in [6, 6.07) is 5.56. The number of anilines is 1. The zero-order valence-corrected chi connectivity index (χ0v) is 13.0. The summed E-state index contributed by atoms with van der Waals surface area (Å²) in [5, 5.41) is 12.1. The highest BCUT2D eigenvalue weighted by Crippen LogP contribution is 2.21. The molecule has 2 aromatic heterocycles. The number of hydrogen-bond acceptors (Lipinski definition) is 5. The molecule has 0 aromatic carbocycles. The normalized spacial score (nSPS) is 11.2. The SMILES string of the molecule is Cc1cc(NC(C)(C)CCC(=O)O)nc(-c2ccncc2)n1. The maximum absolute atomic E-state index is 10.7. The fourth-order valence-corrected chi connectivity index (χ4v) is 2.09. The second-order valence-electron chi connectivity index (χ2n) is 5.86. The monoisotopic (exact) mass is 300 g/mol. The van der Waals surface area contributed by atoms with Gasteiger partial charge in [0.25, 0.3) is 0 Å². The summed E-state index contributed by atoms with van der Waals surface area (Å²) in [6.45, 7) is 5.82. The third-order valence-corrected chi connectivity index (χ3v) is 3.22. The van der Waals surface area contributed by atoms with Gasteiger partial charge in [0, 0.05) is 41.7 Å². The first-order valence-electron chi connectivity index (χ1n) is 7.12. The maximum atomic E-state index is 10.7. The molecule has 0 saturated carbocycles. The molecule has 0 aliphatic rings. The lowest BCUT2D eigenvalue weighted by atomic mass is 9.98. The van der Waals surface area contributed by atoms with Crippen LogP contribution in [0.15, 0.2) is 30.6 Å². The first-order chi connectivity index (χ1) is 10.4. The van der Waals surface area contributed by atoms with Crippen molar-refractivity contribution in [3.8, 4) is 11.4 Å². The lowest BCUT2D eigenvalue weighted by molar-refractivity contribution is -0.137. The van der Waals surface area contributed by atoms with Crippen molar-refractivity contribution >= 4 is 11.8 Å². The molecule has 0 atom stereocenters. The van der Waals surface area contributed by atoms with E-state index in [4.69, 9.17) is 5.11 Å². The number of aliphatic carboxylic acids is 1. The van der Waals surface area contributed by atoms with Gasteiger partial charge in [-0.3, -0.25) is 9.78 Å². The lowest BCUT2D eigenvalue weighted by Crippen LogP contribution is -2.32. The minimum absolute atomic E-state index is 0.112. The molecule has 0 saturated heterocycles. The number of nitrogens with one attached hydrogen (secondary N) is 1. The number of rotatable bonds is 6. The van der Waals surface area contributed by atoms with Crippen LogP contribution in [0, 0.1) is 6.92 Å². The van der Waals surface area contributed by atoms with E-state index in [0.29, 0.717) is 18.1 Å². The third kappa shape index (κ3) is 4.51. The fraction of sp³-hybridized carbons (Fsp3) is 0.375. The van der Waals surface area contributed by atoms with Crippen LogP contribution >= 0.6 is 0 Å². The Labute approximate surface area is 129 Å². The van der Waals surface area contributed by atoms with E-state index >= 15 is 0 Å². The minimum atomic E-state index is -0.800. The van der Waals surface area contributed by atoms with E-state index in [1.54, 1.807) is 12.4 Å². The van der Waals surface area contributed by atoms with E-state index in [0.717, 1.165) is 11.3 Å². The van der Waals surface area contributed by atoms with Crippen molar-refractivity contribution in [1.29, 1.82) is 0 Å². The smallest absolute Gasteiger partial charge is 0.303 e. The fourth-order valence-electron chi connectivity index (χ4n) is 2.09. The van der Waals surface area contributed by atoms with E-state index < -0.39 is 5.97 Å². The van der Waals surface area contributed by atoms with Crippen LogP contribution in [-0.2, 0) is 4.79 Å². The highest BCUT2D eigenvalue weighted by molar-refractivity contribution is 5.67. The van der Waals surface area contributed by atoms with E-state index in [9.17, 15) is 4.79 Å². The summed E-state index contributed by atoms with van der Waals surface area (Å²) in [6.07, 6.45) is 4.02. The molecule has 2 N–H and O–H groups in total. The molecule has 0 amide bonds. The van der Waals surface area contributed by atoms with Gasteiger partial charge in [0.1, 0.15) is 5.82 Å². The van der Waals surface area contributed by atoms with Gasteiger partial charge in [0.2, 0.25) is 0 Å². The lowest BCUT2D eigenvalue weighted by Gasteiger charge is -2.26. The van der Waals surface area contributed by atoms with Crippen LogP contribution in [0.4, 0.5) is 5.82 Å². The van der Waals surface area contributed by atoms with Gasteiger partial charge in [0.15, 0.2) is 5.82 Å². The molecule has 0 radical (unpaired) electrons. The molecule has 22 heavy (non-hydrogen) atoms. The first-order valence-corrected chi connectivity index (χ1v) is 7.12. The Hall–Kier alpha value is -2.50. The molecule has 2 rings (SSSR count). The van der Waals surface area contributed by atoms with Crippen molar-refractivity contribution in [2.24, 2.45) is 0 Å². The summed E-state index contributed by atoms with van der Waals surface area (Å²) in [4.78, 5) is 23.7. The number of pyridine rings is 1. The summed E-state index contributed by atoms with van der Waals surface area (Å²) in [5.41, 5.74) is 1.37. The largest absolute Gasteiger partial charge is 0.481 e. The summed E-state index contributed by atoms with van der Waals surface area (Å²) >= 11 is 0. The van der Waals surface area contributed by atoms with Gasteiger partial charge in [0.05, 0.1) is 0 Å². The summed E-state index contributed by atoms with van der Waals surface area (Å²) < 4.78 is 0. The molecule has 2 aromatic rings. The van der Waals surface area contributed by atoms with Crippen LogP contribution in [0.3, 0.4) is 0 Å². The van der Waals surface area contributed by atoms with E-state index in [1.165, 1.54) is 0 Å². The van der Waals surface area contributed by atoms with Gasteiger partial charge in [-0.25, -0.2) is 9.97 Å². The molecular formula is C16H20N4O2. The van der Waals surface area contributed by atoms with Crippen molar-refractivity contribution in [2.75, 3.05) is 5.32 Å². The Balaban J connectivity index is 2.21. The van der Waals surface area contributed by atoms with Crippen molar-refractivity contribution in [3.63, 3.8) is 0 Å². The Kier molecular flexibility index (Phi) is 4.70. The van der Waals surface area contributed by atoms with Gasteiger partial charge in [-0.05, 0) is 39.3 Å². The van der Waals surface area contributed by atoms with Gasteiger partial charge < -0.3 is 10.4 Å². The molecule has 0 unspecified atom stereocenters. The van der Waals surface area contributed by atoms with E-state index in [2.05, 4.69) is 20.3 Å². The number of carbonyl (C=O) groups is 1. The van der Waals surface area contributed by atoms with Crippen LogP contribution in [0.2, 0.25) is 0 Å². The summed E-state index contributed by atoms with van der Waals surface area (Å²) in [5.74, 6) is 0.514. The maximum Gasteiger partial charge on any atom is 0.303 e. The van der Waals surface area contributed by atoms with Crippen LogP contribution in [0.5, 0.6) is 0 Å². The molecular weight excluding hydrogens is 280 g/mol. The van der Waals surface area contributed by atoms with Crippen molar-refractivity contribution in [1.82, 2.24) is 15.0 Å². The van der Waals surface area contributed by atoms with Crippen LogP contribution in [0.1, 0.15) is 32.4 Å². The number of carboxylic acids is 1. The Bertz CT molecular complexity index is 656. The van der Waals surface area contributed by atoms with Crippen molar-refractivity contribution < 1.29 is 9.90 Å². The topological polar surface area (TPSA) is 88.0 Å². The predicted molar refractivity (Wildman–Crippen MR) is 84.6 cm³/mol. The molecule has 0 aliphatic carbocycles. The summed E-state index contributed by atoms with van der Waals surface area (Å²) in [7, 11) is 0. The van der Waals surface area contributed by atoms with E-state index in [-0.39, 0.29) is 12.0 Å². The highest BCUT2D eigenvalue weighted by Gasteiger charge is 2.20. The standard InChI is InChI=1S/C16H20N4O2/c1-11-10-13(20-16(2,3)7-4-14(21)22)19-15(18-11)12-5-8-17-9-6-12/h5-6,8-10H,4,7H2,1-3H3,(H,21,22)(H,18,19,20). The van der Waals surface area contributed by atoms with E-state index in [1.807, 2.05) is 39.0 Å². The quantitative estimate of drug-likeness (QED) is 0.852. The first kappa shape index (κ1) is 15.9. The Morgan fingerprint density at radius 3 is 2.59 bits per heavy atom. The average molecular weight is 300 g/mol. The molecule has 0 bridgehead atoms. The van der Waals surface area contributed by atoms with Crippen molar-refractivity contribution in [2.45, 2.75) is 39.2 Å². The number of carboxylic acid groups (broad SMARTS) is 1. The zero-order chi connectivity index (χ0) is 16.2. The third-order valence-electron chi connectivity index (χ3n) is 3.22. The highest BCUT2D eigenvalue weighted by atomic mass is 16.4. The Morgan fingerprint density at radius 1 is 1.27 bits per heavy atom. The number of aromatic nitrogens is 3. The number of aryl methyl sites for hydroxylation is 1. The second-order valence-corrected chi connectivity index (χ2v) is 5.86. The average Bonchev–Trinajstić information content (AvgIpc) is 2.45. The van der Waals surface area contributed by atoms with Crippen molar-refractivity contribution in [3.05, 3.63) is 36.3 Å². The molecule has 6 heteroatoms. The number of nitrogens with zero attached hydrogens (tertiary/aromatic N) is 3. The molecule has 2 heterocycles. The molecule has 0 spiro atoms. The van der Waals surface area contributed by atoms with Gasteiger partial charge in [-0.1, -0.05) is 0 Å². The molecule has 0 fully saturated rings. The van der Waals surface area contributed by atoms with Crippen LogP contribution in [0.25, 0.3) is 11.4 Å². The molecule has 6 nitrogen and oxygen atoms in total. The van der Waals surface area contributed by atoms with Gasteiger partial charge >= 0.3 is 5.97 Å². The van der Waals surface area contributed by atoms with Gasteiger partial charge in [-0.15, -0.1) is 0 Å². The number of hydrogen-bond donors (Lipinski definition) is 2. The van der Waals surface area contributed by atoms with Crippen LogP contribution < -0.4 is 5.32 Å². The Morgan fingerprint density at radius 2 is 1.95 bits per heavy atom. The van der Waals surface area contributed by atoms with Gasteiger partial charge in [-0.2, -0.15) is 0 Å². The zero-order valence-electron chi connectivity index (χ0n) is 13.0.